The Hall–Kier alpha value is -2.18. The second-order valence-electron chi connectivity index (χ2n) is 6.42. The van der Waals surface area contributed by atoms with E-state index >= 15 is 0 Å². The quantitative estimate of drug-likeness (QED) is 0.807. The topological polar surface area (TPSA) is 83.0 Å². The highest BCUT2D eigenvalue weighted by Crippen LogP contribution is 2.22. The normalized spacial score (nSPS) is 13.2. The van der Waals surface area contributed by atoms with Crippen LogP contribution in [0, 0.1) is 13.8 Å². The summed E-state index contributed by atoms with van der Waals surface area (Å²) in [6.07, 6.45) is -0.590. The molecule has 7 nitrogen and oxygen atoms in total. The molecule has 0 bridgehead atoms. The molecule has 0 fully saturated rings. The van der Waals surface area contributed by atoms with Gasteiger partial charge < -0.3 is 9.26 Å². The van der Waals surface area contributed by atoms with Crippen molar-refractivity contribution in [2.45, 2.75) is 59.6 Å². The van der Waals surface area contributed by atoms with Gasteiger partial charge in [0.25, 0.3) is 5.89 Å². The van der Waals surface area contributed by atoms with Crippen molar-refractivity contribution in [3.05, 3.63) is 29.2 Å². The minimum Gasteiger partial charge on any atom is -0.451 e. The lowest BCUT2D eigenvalue weighted by atomic mass is 9.96. The molecule has 120 valence electrons. The molecule has 0 radical (unpaired) electrons. The van der Waals surface area contributed by atoms with Gasteiger partial charge in [-0.3, -0.25) is 9.48 Å². The number of aryl methyl sites for hydroxylation is 2. The Kier molecular flexibility index (Phi) is 4.35. The first kappa shape index (κ1) is 16.2. The highest BCUT2D eigenvalue weighted by atomic mass is 16.6. The molecule has 22 heavy (non-hydrogen) atoms. The maximum Gasteiger partial charge on any atom is 0.328 e. The second kappa shape index (κ2) is 5.90. The molecule has 0 aliphatic heterocycles. The molecule has 0 spiro atoms. The summed E-state index contributed by atoms with van der Waals surface area (Å²) in [4.78, 5) is 16.3. The van der Waals surface area contributed by atoms with Crippen LogP contribution < -0.4 is 0 Å². The molecule has 1 unspecified atom stereocenters. The van der Waals surface area contributed by atoms with Gasteiger partial charge in [-0.1, -0.05) is 25.9 Å². The predicted molar refractivity (Wildman–Crippen MR) is 79.2 cm³/mol. The third kappa shape index (κ3) is 3.72. The molecule has 2 heterocycles. The summed E-state index contributed by atoms with van der Waals surface area (Å²) in [7, 11) is 0. The van der Waals surface area contributed by atoms with Crippen LogP contribution >= 0.6 is 0 Å². The lowest BCUT2D eigenvalue weighted by molar-refractivity contribution is -0.150. The Balaban J connectivity index is 1.99. The van der Waals surface area contributed by atoms with E-state index in [1.54, 1.807) is 11.6 Å². The number of hydrogen-bond donors (Lipinski definition) is 0. The smallest absolute Gasteiger partial charge is 0.328 e. The Morgan fingerprint density at radius 3 is 2.59 bits per heavy atom. The van der Waals surface area contributed by atoms with E-state index in [9.17, 15) is 4.79 Å². The first-order valence-electron chi connectivity index (χ1n) is 7.21. The largest absolute Gasteiger partial charge is 0.451 e. The van der Waals surface area contributed by atoms with Gasteiger partial charge in [-0.15, -0.1) is 0 Å². The van der Waals surface area contributed by atoms with Crippen LogP contribution in [0.15, 0.2) is 10.6 Å². The monoisotopic (exact) mass is 306 g/mol. The van der Waals surface area contributed by atoms with Crippen molar-refractivity contribution in [1.82, 2.24) is 19.9 Å². The van der Waals surface area contributed by atoms with Gasteiger partial charge in [-0.2, -0.15) is 10.1 Å². The number of carbonyl (C=O) groups is 1. The molecule has 0 amide bonds. The third-order valence-corrected chi connectivity index (χ3v) is 3.15. The van der Waals surface area contributed by atoms with Crippen molar-refractivity contribution < 1.29 is 14.1 Å². The van der Waals surface area contributed by atoms with E-state index in [0.717, 1.165) is 11.4 Å². The van der Waals surface area contributed by atoms with Gasteiger partial charge in [0.15, 0.2) is 11.9 Å². The maximum atomic E-state index is 12.0. The zero-order valence-electron chi connectivity index (χ0n) is 13.9. The lowest BCUT2D eigenvalue weighted by Gasteiger charge is -2.12. The Bertz CT molecular complexity index is 667. The number of nitrogens with zero attached hydrogens (tertiary/aromatic N) is 4. The minimum absolute atomic E-state index is 0.0598. The van der Waals surface area contributed by atoms with Gasteiger partial charge in [0.05, 0.1) is 5.69 Å². The Labute approximate surface area is 129 Å². The van der Waals surface area contributed by atoms with Crippen LogP contribution in [-0.4, -0.2) is 25.9 Å². The number of hydrogen-bond acceptors (Lipinski definition) is 6. The number of aromatic nitrogens is 4. The van der Waals surface area contributed by atoms with Crippen molar-refractivity contribution in [3.63, 3.8) is 0 Å². The Morgan fingerprint density at radius 1 is 1.41 bits per heavy atom. The van der Waals surface area contributed by atoms with Crippen molar-refractivity contribution >= 4 is 5.97 Å². The van der Waals surface area contributed by atoms with Gasteiger partial charge >= 0.3 is 5.97 Å². The fourth-order valence-electron chi connectivity index (χ4n) is 1.95. The SMILES string of the molecule is Cc1cc(C)n(CC(=O)OC(C)c2nc(C(C)(C)C)no2)n1. The van der Waals surface area contributed by atoms with Gasteiger partial charge in [0.2, 0.25) is 0 Å². The number of esters is 1. The summed E-state index contributed by atoms with van der Waals surface area (Å²) in [5, 5.41) is 8.15. The number of ether oxygens (including phenoxy) is 1. The van der Waals surface area contributed by atoms with E-state index in [2.05, 4.69) is 15.2 Å². The summed E-state index contributed by atoms with van der Waals surface area (Å²) in [5.74, 6) is 0.491. The van der Waals surface area contributed by atoms with E-state index in [0.29, 0.717) is 11.7 Å². The number of carbonyl (C=O) groups excluding carboxylic acids is 1. The average Bonchev–Trinajstić information content (AvgIpc) is 2.96. The summed E-state index contributed by atoms with van der Waals surface area (Å²) in [6, 6.07) is 1.91. The zero-order chi connectivity index (χ0) is 16.5. The molecule has 0 aliphatic rings. The molecule has 2 rings (SSSR count). The van der Waals surface area contributed by atoms with Crippen LogP contribution in [0.1, 0.15) is 56.9 Å². The summed E-state index contributed by atoms with van der Waals surface area (Å²) in [6.45, 7) is 11.5. The second-order valence-corrected chi connectivity index (χ2v) is 6.42. The first-order valence-corrected chi connectivity index (χ1v) is 7.21. The van der Waals surface area contributed by atoms with Gasteiger partial charge in [-0.25, -0.2) is 0 Å². The van der Waals surface area contributed by atoms with Crippen molar-refractivity contribution in [3.8, 4) is 0 Å². The molecular weight excluding hydrogens is 284 g/mol. The van der Waals surface area contributed by atoms with E-state index in [4.69, 9.17) is 9.26 Å². The molecule has 0 saturated heterocycles. The highest BCUT2D eigenvalue weighted by molar-refractivity contribution is 5.69. The molecule has 1 atom stereocenters. The Morgan fingerprint density at radius 2 is 2.09 bits per heavy atom. The summed E-state index contributed by atoms with van der Waals surface area (Å²) in [5.41, 5.74) is 1.56. The van der Waals surface area contributed by atoms with Gasteiger partial charge in [0.1, 0.15) is 6.54 Å². The van der Waals surface area contributed by atoms with Gasteiger partial charge in [-0.05, 0) is 26.8 Å². The van der Waals surface area contributed by atoms with Crippen molar-refractivity contribution in [1.29, 1.82) is 0 Å². The van der Waals surface area contributed by atoms with Crippen LogP contribution in [0.3, 0.4) is 0 Å². The van der Waals surface area contributed by atoms with E-state index in [1.807, 2.05) is 40.7 Å². The summed E-state index contributed by atoms with van der Waals surface area (Å²) >= 11 is 0. The molecule has 0 N–H and O–H groups in total. The minimum atomic E-state index is -0.590. The average molecular weight is 306 g/mol. The molecule has 0 aliphatic carbocycles. The van der Waals surface area contributed by atoms with Crippen LogP contribution in [0.4, 0.5) is 0 Å². The molecular formula is C15H22N4O3. The van der Waals surface area contributed by atoms with Gasteiger partial charge in [0, 0.05) is 11.1 Å². The van der Waals surface area contributed by atoms with Crippen molar-refractivity contribution in [2.24, 2.45) is 0 Å². The fraction of sp³-hybridized carbons (Fsp3) is 0.600. The third-order valence-electron chi connectivity index (χ3n) is 3.15. The van der Waals surface area contributed by atoms with E-state index in [-0.39, 0.29) is 12.0 Å². The maximum absolute atomic E-state index is 12.0. The highest BCUT2D eigenvalue weighted by Gasteiger charge is 2.25. The molecule has 2 aromatic heterocycles. The van der Waals surface area contributed by atoms with E-state index < -0.39 is 12.1 Å². The first-order chi connectivity index (χ1) is 10.2. The fourth-order valence-corrected chi connectivity index (χ4v) is 1.95. The molecule has 2 aromatic rings. The van der Waals surface area contributed by atoms with Crippen LogP contribution in [0.25, 0.3) is 0 Å². The van der Waals surface area contributed by atoms with Crippen molar-refractivity contribution in [2.75, 3.05) is 0 Å². The van der Waals surface area contributed by atoms with Crippen LogP contribution in [-0.2, 0) is 21.5 Å². The van der Waals surface area contributed by atoms with Crippen LogP contribution in [0.2, 0.25) is 0 Å². The summed E-state index contributed by atoms with van der Waals surface area (Å²) < 4.78 is 12.1. The van der Waals surface area contributed by atoms with E-state index in [1.165, 1.54) is 0 Å². The predicted octanol–water partition coefficient (Wildman–Crippen LogP) is 2.48. The molecule has 7 heteroatoms. The number of rotatable bonds is 4. The standard InChI is InChI=1S/C15H22N4O3/c1-9-7-10(2)19(17-9)8-12(20)21-11(3)13-16-14(18-22-13)15(4,5)6/h7,11H,8H2,1-6H3. The van der Waals surface area contributed by atoms with Crippen LogP contribution in [0.5, 0.6) is 0 Å². The zero-order valence-corrected chi connectivity index (χ0v) is 13.9. The lowest BCUT2D eigenvalue weighted by Crippen LogP contribution is -2.18. The molecule has 0 saturated carbocycles. The molecule has 0 aromatic carbocycles.